The minimum Gasteiger partial charge on any atom is -0.497 e. The van der Waals surface area contributed by atoms with Crippen molar-refractivity contribution >= 4 is 40.6 Å². The molecule has 0 saturated carbocycles. The van der Waals surface area contributed by atoms with E-state index in [-0.39, 0.29) is 28.1 Å². The van der Waals surface area contributed by atoms with E-state index < -0.39 is 5.97 Å². The second-order valence-corrected chi connectivity index (χ2v) is 6.82. The molecule has 1 saturated heterocycles. The predicted octanol–water partition coefficient (Wildman–Crippen LogP) is 3.30. The molecule has 1 aliphatic heterocycles. The number of carboxylic acid groups (broad SMARTS) is 1. The van der Waals surface area contributed by atoms with Crippen LogP contribution in [0.25, 0.3) is 6.08 Å². The summed E-state index contributed by atoms with van der Waals surface area (Å²) in [5.74, 6) is -0.166. The summed E-state index contributed by atoms with van der Waals surface area (Å²) in [5, 5.41) is 12.4. The van der Waals surface area contributed by atoms with Gasteiger partial charge in [-0.25, -0.2) is 9.79 Å². The van der Waals surface area contributed by atoms with Crippen molar-refractivity contribution in [1.29, 1.82) is 0 Å². The van der Waals surface area contributed by atoms with Gasteiger partial charge in [0.1, 0.15) is 5.75 Å². The summed E-state index contributed by atoms with van der Waals surface area (Å²) in [4.78, 5) is 28.6. The van der Waals surface area contributed by atoms with E-state index in [9.17, 15) is 14.7 Å². The fraction of sp³-hybridized carbons (Fsp3) is 0.150. The Morgan fingerprint density at radius 3 is 2.31 bits per heavy atom. The Kier molecular flexibility index (Phi) is 6.08. The van der Waals surface area contributed by atoms with E-state index in [4.69, 9.17) is 14.2 Å². The van der Waals surface area contributed by atoms with Crippen LogP contribution < -0.4 is 19.5 Å². The van der Waals surface area contributed by atoms with Crippen LogP contribution >= 0.6 is 11.8 Å². The Morgan fingerprint density at radius 1 is 1.07 bits per heavy atom. The molecule has 1 fully saturated rings. The number of amidine groups is 1. The lowest BCUT2D eigenvalue weighted by atomic mass is 10.1. The molecule has 0 bridgehead atoms. The summed E-state index contributed by atoms with van der Waals surface area (Å²) in [6, 6.07) is 10.0. The number of ether oxygens (including phenoxy) is 3. The minimum atomic E-state index is -1.17. The Hall–Kier alpha value is -3.46. The standard InChI is InChI=1S/C20H18N2O6S/c1-26-12-6-4-11(5-7-12)8-17-18(23)22-20(29-17)21-14-10-16(28-3)15(27-2)9-13(14)19(24)25/h4-10H,1-3H3,(H,24,25)(H,21,22,23)/b17-8-. The lowest BCUT2D eigenvalue weighted by molar-refractivity contribution is -0.115. The Bertz CT molecular complexity index is 1010. The third-order valence-electron chi connectivity index (χ3n) is 4.02. The molecule has 0 aromatic heterocycles. The summed E-state index contributed by atoms with van der Waals surface area (Å²) >= 11 is 1.12. The number of nitrogens with one attached hydrogen (secondary N) is 1. The Morgan fingerprint density at radius 2 is 1.72 bits per heavy atom. The van der Waals surface area contributed by atoms with Gasteiger partial charge in [-0.05, 0) is 35.5 Å². The van der Waals surface area contributed by atoms with Gasteiger partial charge in [0, 0.05) is 12.1 Å². The van der Waals surface area contributed by atoms with E-state index in [1.165, 1.54) is 26.4 Å². The highest BCUT2D eigenvalue weighted by Gasteiger charge is 2.25. The van der Waals surface area contributed by atoms with Gasteiger partial charge in [-0.15, -0.1) is 0 Å². The number of carbonyl (C=O) groups is 2. The number of methoxy groups -OCH3 is 3. The normalized spacial score (nSPS) is 16.0. The van der Waals surface area contributed by atoms with Crippen molar-refractivity contribution < 1.29 is 28.9 Å². The molecule has 1 aliphatic rings. The van der Waals surface area contributed by atoms with Crippen LogP contribution in [0, 0.1) is 0 Å². The fourth-order valence-electron chi connectivity index (χ4n) is 2.57. The first-order valence-electron chi connectivity index (χ1n) is 8.38. The summed E-state index contributed by atoms with van der Waals surface area (Å²) in [5.41, 5.74) is 0.892. The molecule has 29 heavy (non-hydrogen) atoms. The van der Waals surface area contributed by atoms with Crippen LogP contribution in [0.5, 0.6) is 17.2 Å². The third-order valence-corrected chi connectivity index (χ3v) is 4.93. The van der Waals surface area contributed by atoms with Gasteiger partial charge < -0.3 is 24.6 Å². The molecular weight excluding hydrogens is 396 g/mol. The van der Waals surface area contributed by atoms with Crippen molar-refractivity contribution in [2.45, 2.75) is 0 Å². The SMILES string of the molecule is COc1ccc(/C=C2\SC(=Nc3cc(OC)c(OC)cc3C(=O)O)NC2=O)cc1. The molecule has 1 amide bonds. The summed E-state index contributed by atoms with van der Waals surface area (Å²) in [7, 11) is 4.44. The number of hydrogen-bond donors (Lipinski definition) is 2. The molecule has 0 spiro atoms. The number of hydrogen-bond acceptors (Lipinski definition) is 7. The maximum absolute atomic E-state index is 12.3. The highest BCUT2D eigenvalue weighted by Crippen LogP contribution is 2.36. The van der Waals surface area contributed by atoms with Crippen LogP contribution in [-0.4, -0.2) is 43.5 Å². The van der Waals surface area contributed by atoms with Crippen molar-refractivity contribution in [3.63, 3.8) is 0 Å². The zero-order valence-corrected chi connectivity index (χ0v) is 16.7. The van der Waals surface area contributed by atoms with Gasteiger partial charge in [-0.3, -0.25) is 4.79 Å². The molecule has 0 radical (unpaired) electrons. The van der Waals surface area contributed by atoms with E-state index in [0.29, 0.717) is 16.4 Å². The zero-order chi connectivity index (χ0) is 21.0. The number of benzene rings is 2. The zero-order valence-electron chi connectivity index (χ0n) is 15.9. The lowest BCUT2D eigenvalue weighted by Crippen LogP contribution is -2.19. The highest BCUT2D eigenvalue weighted by molar-refractivity contribution is 8.18. The Labute approximate surface area is 171 Å². The van der Waals surface area contributed by atoms with Crippen LogP contribution in [0.15, 0.2) is 46.3 Å². The summed E-state index contributed by atoms with van der Waals surface area (Å²) < 4.78 is 15.5. The third kappa shape index (κ3) is 4.52. The number of amides is 1. The maximum atomic E-state index is 12.3. The first-order chi connectivity index (χ1) is 13.9. The van der Waals surface area contributed by atoms with Gasteiger partial charge in [0.15, 0.2) is 16.7 Å². The van der Waals surface area contributed by atoms with Crippen molar-refractivity contribution in [2.24, 2.45) is 4.99 Å². The van der Waals surface area contributed by atoms with E-state index in [1.807, 2.05) is 12.1 Å². The molecule has 2 aromatic rings. The van der Waals surface area contributed by atoms with Crippen molar-refractivity contribution in [3.05, 3.63) is 52.4 Å². The highest BCUT2D eigenvalue weighted by atomic mass is 32.2. The average molecular weight is 414 g/mol. The number of rotatable bonds is 6. The quantitative estimate of drug-likeness (QED) is 0.699. The van der Waals surface area contributed by atoms with Gasteiger partial charge >= 0.3 is 5.97 Å². The van der Waals surface area contributed by atoms with Crippen LogP contribution in [-0.2, 0) is 4.79 Å². The second-order valence-electron chi connectivity index (χ2n) is 5.78. The fourth-order valence-corrected chi connectivity index (χ4v) is 3.41. The molecule has 9 heteroatoms. The second kappa shape index (κ2) is 8.70. The number of aliphatic imine (C=N–C) groups is 1. The molecule has 150 valence electrons. The monoisotopic (exact) mass is 414 g/mol. The first-order valence-corrected chi connectivity index (χ1v) is 9.19. The van der Waals surface area contributed by atoms with Crippen molar-refractivity contribution in [2.75, 3.05) is 21.3 Å². The van der Waals surface area contributed by atoms with Gasteiger partial charge in [0.2, 0.25) is 0 Å². The van der Waals surface area contributed by atoms with Crippen LogP contribution in [0.1, 0.15) is 15.9 Å². The molecule has 2 N–H and O–H groups in total. The van der Waals surface area contributed by atoms with Gasteiger partial charge in [0.05, 0.1) is 37.5 Å². The summed E-state index contributed by atoms with van der Waals surface area (Å²) in [6.45, 7) is 0. The van der Waals surface area contributed by atoms with Crippen LogP contribution in [0.3, 0.4) is 0 Å². The number of nitrogens with zero attached hydrogens (tertiary/aromatic N) is 1. The molecule has 8 nitrogen and oxygen atoms in total. The molecule has 3 rings (SSSR count). The van der Waals surface area contributed by atoms with Gasteiger partial charge in [-0.2, -0.15) is 0 Å². The number of carbonyl (C=O) groups excluding carboxylic acids is 1. The van der Waals surface area contributed by atoms with Gasteiger partial charge in [0.25, 0.3) is 5.91 Å². The van der Waals surface area contributed by atoms with Crippen molar-refractivity contribution in [1.82, 2.24) is 5.32 Å². The smallest absolute Gasteiger partial charge is 0.338 e. The molecule has 0 unspecified atom stereocenters. The molecule has 1 heterocycles. The number of aromatic carboxylic acids is 1. The van der Waals surface area contributed by atoms with Crippen LogP contribution in [0.4, 0.5) is 5.69 Å². The predicted molar refractivity (Wildman–Crippen MR) is 110 cm³/mol. The largest absolute Gasteiger partial charge is 0.497 e. The summed E-state index contributed by atoms with van der Waals surface area (Å²) in [6.07, 6.45) is 1.72. The van der Waals surface area contributed by atoms with E-state index in [0.717, 1.165) is 17.3 Å². The molecule has 2 aromatic carbocycles. The Balaban J connectivity index is 1.92. The average Bonchev–Trinajstić information content (AvgIpc) is 3.06. The first kappa shape index (κ1) is 20.3. The topological polar surface area (TPSA) is 106 Å². The van der Waals surface area contributed by atoms with Gasteiger partial charge in [-0.1, -0.05) is 12.1 Å². The van der Waals surface area contributed by atoms with E-state index >= 15 is 0 Å². The molecule has 0 atom stereocenters. The lowest BCUT2D eigenvalue weighted by Gasteiger charge is -2.10. The number of carboxylic acids is 1. The van der Waals surface area contributed by atoms with E-state index in [2.05, 4.69) is 10.3 Å². The van der Waals surface area contributed by atoms with E-state index in [1.54, 1.807) is 25.3 Å². The number of thioether (sulfide) groups is 1. The molecular formula is C20H18N2O6S. The molecule has 0 aliphatic carbocycles. The maximum Gasteiger partial charge on any atom is 0.338 e. The minimum absolute atomic E-state index is 0.0717. The van der Waals surface area contributed by atoms with Crippen LogP contribution in [0.2, 0.25) is 0 Å². The van der Waals surface area contributed by atoms with Crippen molar-refractivity contribution in [3.8, 4) is 17.2 Å².